The predicted molar refractivity (Wildman–Crippen MR) is 97.7 cm³/mol. The summed E-state index contributed by atoms with van der Waals surface area (Å²) in [6.07, 6.45) is 4.00. The van der Waals surface area contributed by atoms with Crippen LogP contribution in [-0.2, 0) is 9.59 Å². The molecule has 2 fully saturated rings. The van der Waals surface area contributed by atoms with Crippen molar-refractivity contribution < 1.29 is 9.59 Å². The van der Waals surface area contributed by atoms with Gasteiger partial charge in [-0.2, -0.15) is 0 Å². The second-order valence-electron chi connectivity index (χ2n) is 6.64. The first-order valence-electron chi connectivity index (χ1n) is 8.68. The maximum Gasteiger partial charge on any atom is 0.238 e. The number of anilines is 1. The molecule has 6 heteroatoms. The van der Waals surface area contributed by atoms with Gasteiger partial charge in [-0.05, 0) is 57.0 Å². The summed E-state index contributed by atoms with van der Waals surface area (Å²) in [6, 6.07) is 7.59. The zero-order chi connectivity index (χ0) is 16.9. The standard InChI is InChI=1S/C18H24BrN3O2/c19-15-4-3-5-16(12-15)20-17(23)13-21-10-6-14(7-11-21)18(24)22-8-1-2-9-22/h3-5,12,14H,1-2,6-11,13H2,(H,20,23). The Balaban J connectivity index is 1.43. The molecule has 2 amide bonds. The van der Waals surface area contributed by atoms with Crippen LogP contribution < -0.4 is 5.32 Å². The average Bonchev–Trinajstić information content (AvgIpc) is 3.09. The lowest BCUT2D eigenvalue weighted by atomic mass is 9.95. The van der Waals surface area contributed by atoms with E-state index in [0.717, 1.165) is 62.0 Å². The zero-order valence-corrected chi connectivity index (χ0v) is 15.4. The second kappa shape index (κ2) is 8.12. The number of hydrogen-bond acceptors (Lipinski definition) is 3. The topological polar surface area (TPSA) is 52.7 Å². The van der Waals surface area contributed by atoms with E-state index >= 15 is 0 Å². The van der Waals surface area contributed by atoms with E-state index < -0.39 is 0 Å². The number of carbonyl (C=O) groups is 2. The average molecular weight is 394 g/mol. The van der Waals surface area contributed by atoms with Crippen molar-refractivity contribution in [1.82, 2.24) is 9.80 Å². The summed E-state index contributed by atoms with van der Waals surface area (Å²) in [5.41, 5.74) is 0.800. The molecule has 0 atom stereocenters. The molecule has 2 saturated heterocycles. The number of halogens is 1. The second-order valence-corrected chi connectivity index (χ2v) is 7.56. The molecule has 0 aliphatic carbocycles. The van der Waals surface area contributed by atoms with Crippen LogP contribution in [0.3, 0.4) is 0 Å². The van der Waals surface area contributed by atoms with Crippen molar-refractivity contribution in [3.8, 4) is 0 Å². The van der Waals surface area contributed by atoms with Crippen LogP contribution in [0.25, 0.3) is 0 Å². The number of amides is 2. The Kier molecular flexibility index (Phi) is 5.89. The van der Waals surface area contributed by atoms with Crippen molar-refractivity contribution in [2.24, 2.45) is 5.92 Å². The highest BCUT2D eigenvalue weighted by Gasteiger charge is 2.30. The fourth-order valence-corrected chi connectivity index (χ4v) is 3.90. The summed E-state index contributed by atoms with van der Waals surface area (Å²) in [5.74, 6) is 0.468. The molecule has 2 heterocycles. The Bertz CT molecular complexity index is 594. The Hall–Kier alpha value is -1.40. The van der Waals surface area contributed by atoms with E-state index in [-0.39, 0.29) is 11.8 Å². The molecule has 0 aromatic heterocycles. The van der Waals surface area contributed by atoms with E-state index in [1.54, 1.807) is 0 Å². The Morgan fingerprint density at radius 1 is 1.12 bits per heavy atom. The molecular weight excluding hydrogens is 370 g/mol. The monoisotopic (exact) mass is 393 g/mol. The molecule has 0 saturated carbocycles. The Labute approximate surface area is 151 Å². The summed E-state index contributed by atoms with van der Waals surface area (Å²) < 4.78 is 0.946. The van der Waals surface area contributed by atoms with Gasteiger partial charge in [0.1, 0.15) is 0 Å². The van der Waals surface area contributed by atoms with Crippen molar-refractivity contribution in [2.45, 2.75) is 25.7 Å². The molecule has 2 aliphatic heterocycles. The first-order chi connectivity index (χ1) is 11.6. The van der Waals surface area contributed by atoms with Gasteiger partial charge in [0.25, 0.3) is 0 Å². The van der Waals surface area contributed by atoms with Gasteiger partial charge in [-0.25, -0.2) is 0 Å². The minimum Gasteiger partial charge on any atom is -0.342 e. The number of benzene rings is 1. The van der Waals surface area contributed by atoms with E-state index in [4.69, 9.17) is 0 Å². The number of likely N-dealkylation sites (tertiary alicyclic amines) is 2. The molecule has 0 radical (unpaired) electrons. The van der Waals surface area contributed by atoms with E-state index in [1.165, 1.54) is 0 Å². The first kappa shape index (κ1) is 17.4. The zero-order valence-electron chi connectivity index (χ0n) is 13.8. The van der Waals surface area contributed by atoms with Crippen LogP contribution in [-0.4, -0.2) is 54.3 Å². The molecule has 1 N–H and O–H groups in total. The summed E-state index contributed by atoms with van der Waals surface area (Å²) in [7, 11) is 0. The molecule has 2 aliphatic rings. The molecule has 0 bridgehead atoms. The maximum atomic E-state index is 12.4. The summed E-state index contributed by atoms with van der Waals surface area (Å²) >= 11 is 3.40. The van der Waals surface area contributed by atoms with Gasteiger partial charge in [-0.15, -0.1) is 0 Å². The van der Waals surface area contributed by atoms with Crippen molar-refractivity contribution in [2.75, 3.05) is 38.0 Å². The van der Waals surface area contributed by atoms with Gasteiger partial charge < -0.3 is 10.2 Å². The fraction of sp³-hybridized carbons (Fsp3) is 0.556. The van der Waals surface area contributed by atoms with Crippen LogP contribution in [0.2, 0.25) is 0 Å². The van der Waals surface area contributed by atoms with Crippen LogP contribution in [0, 0.1) is 5.92 Å². The Morgan fingerprint density at radius 2 is 1.83 bits per heavy atom. The van der Waals surface area contributed by atoms with E-state index in [1.807, 2.05) is 29.2 Å². The lowest BCUT2D eigenvalue weighted by Crippen LogP contribution is -2.43. The van der Waals surface area contributed by atoms with Crippen LogP contribution in [0.5, 0.6) is 0 Å². The number of rotatable bonds is 4. The predicted octanol–water partition coefficient (Wildman–Crippen LogP) is 2.72. The molecule has 0 unspecified atom stereocenters. The normalized spacial score (nSPS) is 19.5. The third-order valence-electron chi connectivity index (χ3n) is 4.83. The van der Waals surface area contributed by atoms with Gasteiger partial charge in [-0.3, -0.25) is 14.5 Å². The lowest BCUT2D eigenvalue weighted by Gasteiger charge is -2.32. The highest BCUT2D eigenvalue weighted by Crippen LogP contribution is 2.22. The maximum absolute atomic E-state index is 12.4. The minimum absolute atomic E-state index is 0.00239. The smallest absolute Gasteiger partial charge is 0.238 e. The lowest BCUT2D eigenvalue weighted by molar-refractivity contribution is -0.136. The number of piperidine rings is 1. The largest absolute Gasteiger partial charge is 0.342 e. The first-order valence-corrected chi connectivity index (χ1v) is 9.48. The highest BCUT2D eigenvalue weighted by atomic mass is 79.9. The van der Waals surface area contributed by atoms with Gasteiger partial charge in [0.05, 0.1) is 6.54 Å². The number of nitrogens with one attached hydrogen (secondary N) is 1. The van der Waals surface area contributed by atoms with Gasteiger partial charge in [0.2, 0.25) is 11.8 Å². The van der Waals surface area contributed by atoms with Crippen LogP contribution in [0.1, 0.15) is 25.7 Å². The van der Waals surface area contributed by atoms with Gasteiger partial charge in [0, 0.05) is 29.2 Å². The summed E-state index contributed by atoms with van der Waals surface area (Å²) in [5, 5.41) is 2.92. The molecule has 0 spiro atoms. The molecule has 130 valence electrons. The van der Waals surface area contributed by atoms with Crippen molar-refractivity contribution in [3.63, 3.8) is 0 Å². The van der Waals surface area contributed by atoms with E-state index in [2.05, 4.69) is 26.1 Å². The Morgan fingerprint density at radius 3 is 2.50 bits per heavy atom. The number of carbonyl (C=O) groups excluding carboxylic acids is 2. The van der Waals surface area contributed by atoms with Crippen LogP contribution in [0.15, 0.2) is 28.7 Å². The van der Waals surface area contributed by atoms with Gasteiger partial charge in [-0.1, -0.05) is 22.0 Å². The minimum atomic E-state index is -0.00239. The van der Waals surface area contributed by atoms with Crippen molar-refractivity contribution >= 4 is 33.4 Å². The van der Waals surface area contributed by atoms with Crippen molar-refractivity contribution in [3.05, 3.63) is 28.7 Å². The third kappa shape index (κ3) is 4.57. The number of hydrogen-bond donors (Lipinski definition) is 1. The SMILES string of the molecule is O=C(CN1CCC(C(=O)N2CCCC2)CC1)Nc1cccc(Br)c1. The van der Waals surface area contributed by atoms with Gasteiger partial charge >= 0.3 is 0 Å². The fourth-order valence-electron chi connectivity index (χ4n) is 3.50. The van der Waals surface area contributed by atoms with Crippen LogP contribution in [0.4, 0.5) is 5.69 Å². The molecule has 1 aromatic carbocycles. The van der Waals surface area contributed by atoms with Gasteiger partial charge in [0.15, 0.2) is 0 Å². The number of nitrogens with zero attached hydrogens (tertiary/aromatic N) is 2. The summed E-state index contributed by atoms with van der Waals surface area (Å²) in [4.78, 5) is 28.8. The highest BCUT2D eigenvalue weighted by molar-refractivity contribution is 9.10. The molecule has 5 nitrogen and oxygen atoms in total. The molecule has 3 rings (SSSR count). The van der Waals surface area contributed by atoms with E-state index in [9.17, 15) is 9.59 Å². The molecule has 24 heavy (non-hydrogen) atoms. The van der Waals surface area contributed by atoms with E-state index in [0.29, 0.717) is 12.5 Å². The summed E-state index contributed by atoms with van der Waals surface area (Å²) in [6.45, 7) is 3.87. The molecular formula is C18H24BrN3O2. The van der Waals surface area contributed by atoms with Crippen LogP contribution >= 0.6 is 15.9 Å². The van der Waals surface area contributed by atoms with Crippen molar-refractivity contribution in [1.29, 1.82) is 0 Å². The molecule has 1 aromatic rings. The third-order valence-corrected chi connectivity index (χ3v) is 5.32. The quantitative estimate of drug-likeness (QED) is 0.855.